The minimum absolute atomic E-state index is 0.0119. The highest BCUT2D eigenvalue weighted by Gasteiger charge is 2.13. The largest absolute Gasteiger partial charge is 0.399 e. The lowest BCUT2D eigenvalue weighted by Crippen LogP contribution is -1.95. The van der Waals surface area contributed by atoms with Gasteiger partial charge in [-0.1, -0.05) is 11.6 Å². The Morgan fingerprint density at radius 2 is 1.95 bits per heavy atom. The van der Waals surface area contributed by atoms with E-state index in [1.165, 1.54) is 23.9 Å². The van der Waals surface area contributed by atoms with Crippen molar-refractivity contribution in [3.05, 3.63) is 57.0 Å². The molecule has 2 aromatic rings. The highest BCUT2D eigenvalue weighted by molar-refractivity contribution is 9.10. The monoisotopic (exact) mass is 363 g/mol. The molecule has 0 spiro atoms. The first-order valence-electron chi connectivity index (χ1n) is 5.29. The molecular formula is C13H9BrClF2NS. The van der Waals surface area contributed by atoms with Crippen molar-refractivity contribution in [1.82, 2.24) is 0 Å². The molecule has 2 rings (SSSR count). The Bertz CT molecular complexity index is 622. The summed E-state index contributed by atoms with van der Waals surface area (Å²) in [5.74, 6) is -1.03. The van der Waals surface area contributed by atoms with Gasteiger partial charge in [-0.25, -0.2) is 8.78 Å². The number of hydrogen-bond acceptors (Lipinski definition) is 2. The third-order valence-corrected chi connectivity index (χ3v) is 4.60. The van der Waals surface area contributed by atoms with Crippen LogP contribution in [0.25, 0.3) is 0 Å². The number of rotatable bonds is 3. The molecular weight excluding hydrogens is 356 g/mol. The smallest absolute Gasteiger partial charge is 0.144 e. The number of thioether (sulfide) groups is 1. The molecule has 6 heteroatoms. The Kier molecular flexibility index (Phi) is 4.71. The van der Waals surface area contributed by atoms with Crippen LogP contribution in [-0.2, 0) is 5.75 Å². The lowest BCUT2D eigenvalue weighted by Gasteiger charge is -2.08. The molecule has 0 unspecified atom stereocenters. The zero-order valence-corrected chi connectivity index (χ0v) is 12.7. The summed E-state index contributed by atoms with van der Waals surface area (Å²) >= 11 is 10.3. The van der Waals surface area contributed by atoms with Gasteiger partial charge in [0.1, 0.15) is 11.6 Å². The summed E-state index contributed by atoms with van der Waals surface area (Å²) in [5.41, 5.74) is 6.22. The standard InChI is InChI=1S/C13H9BrClF2NS/c14-9-2-4-11(16)8(13(9)17)6-19-12-5-7(18)1-3-10(12)15/h1-5H,6,18H2. The van der Waals surface area contributed by atoms with E-state index in [9.17, 15) is 8.78 Å². The normalized spacial score (nSPS) is 10.7. The van der Waals surface area contributed by atoms with E-state index in [0.29, 0.717) is 15.6 Å². The summed E-state index contributed by atoms with van der Waals surface area (Å²) < 4.78 is 27.6. The third-order valence-electron chi connectivity index (χ3n) is 2.47. The second-order valence-electron chi connectivity index (χ2n) is 3.80. The second kappa shape index (κ2) is 6.11. The Labute approximate surface area is 127 Å². The molecule has 0 saturated carbocycles. The maximum atomic E-state index is 13.8. The zero-order valence-electron chi connectivity index (χ0n) is 9.59. The molecule has 2 aromatic carbocycles. The molecule has 0 bridgehead atoms. The third kappa shape index (κ3) is 3.41. The van der Waals surface area contributed by atoms with Crippen LogP contribution in [0.3, 0.4) is 0 Å². The van der Waals surface area contributed by atoms with Gasteiger partial charge in [0.25, 0.3) is 0 Å². The number of nitrogen functional groups attached to an aromatic ring is 1. The Morgan fingerprint density at radius 1 is 1.21 bits per heavy atom. The van der Waals surface area contributed by atoms with Crippen LogP contribution in [0.4, 0.5) is 14.5 Å². The first kappa shape index (κ1) is 14.6. The highest BCUT2D eigenvalue weighted by Crippen LogP contribution is 2.33. The summed E-state index contributed by atoms with van der Waals surface area (Å²) in [6, 6.07) is 7.58. The molecule has 0 atom stereocenters. The fourth-order valence-electron chi connectivity index (χ4n) is 1.48. The van der Waals surface area contributed by atoms with Gasteiger partial charge in [-0.2, -0.15) is 0 Å². The van der Waals surface area contributed by atoms with Crippen LogP contribution < -0.4 is 5.73 Å². The predicted molar refractivity (Wildman–Crippen MR) is 79.5 cm³/mol. The Hall–Kier alpha value is -0.780. The van der Waals surface area contributed by atoms with Gasteiger partial charge in [0, 0.05) is 21.9 Å². The van der Waals surface area contributed by atoms with Gasteiger partial charge in [0.2, 0.25) is 0 Å². The van der Waals surface area contributed by atoms with Crippen LogP contribution in [0, 0.1) is 11.6 Å². The van der Waals surface area contributed by atoms with Crippen LogP contribution >= 0.6 is 39.3 Å². The van der Waals surface area contributed by atoms with Crippen molar-refractivity contribution in [3.8, 4) is 0 Å². The molecule has 0 amide bonds. The van der Waals surface area contributed by atoms with Crippen molar-refractivity contribution in [1.29, 1.82) is 0 Å². The topological polar surface area (TPSA) is 26.0 Å². The molecule has 19 heavy (non-hydrogen) atoms. The first-order valence-corrected chi connectivity index (χ1v) is 7.45. The molecule has 1 nitrogen and oxygen atoms in total. The molecule has 0 saturated heterocycles. The van der Waals surface area contributed by atoms with Crippen LogP contribution in [0.5, 0.6) is 0 Å². The number of benzene rings is 2. The molecule has 0 aromatic heterocycles. The summed E-state index contributed by atoms with van der Waals surface area (Å²) in [4.78, 5) is 0.695. The maximum absolute atomic E-state index is 13.8. The average molecular weight is 365 g/mol. The van der Waals surface area contributed by atoms with E-state index in [0.717, 1.165) is 0 Å². The van der Waals surface area contributed by atoms with Crippen molar-refractivity contribution in [2.75, 3.05) is 5.73 Å². The van der Waals surface area contributed by atoms with E-state index in [2.05, 4.69) is 15.9 Å². The predicted octanol–water partition coefficient (Wildman–Crippen LogP) is 5.26. The van der Waals surface area contributed by atoms with Crippen LogP contribution in [0.2, 0.25) is 5.02 Å². The molecule has 0 heterocycles. The van der Waals surface area contributed by atoms with Gasteiger partial charge in [-0.3, -0.25) is 0 Å². The van der Waals surface area contributed by atoms with Crippen molar-refractivity contribution in [3.63, 3.8) is 0 Å². The van der Waals surface area contributed by atoms with Gasteiger partial charge in [0.05, 0.1) is 9.50 Å². The molecule has 0 aliphatic carbocycles. The molecule has 0 fully saturated rings. The second-order valence-corrected chi connectivity index (χ2v) is 6.08. The molecule has 0 radical (unpaired) electrons. The van der Waals surface area contributed by atoms with E-state index in [1.54, 1.807) is 18.2 Å². The SMILES string of the molecule is Nc1ccc(Cl)c(SCc2c(F)ccc(Br)c2F)c1. The van der Waals surface area contributed by atoms with Crippen LogP contribution in [-0.4, -0.2) is 0 Å². The van der Waals surface area contributed by atoms with Gasteiger partial charge in [-0.15, -0.1) is 11.8 Å². The number of hydrogen-bond donors (Lipinski definition) is 1. The molecule has 2 N–H and O–H groups in total. The number of nitrogens with two attached hydrogens (primary N) is 1. The summed E-state index contributed by atoms with van der Waals surface area (Å²) in [5, 5.41) is 0.509. The molecule has 0 aliphatic heterocycles. The van der Waals surface area contributed by atoms with Crippen molar-refractivity contribution in [2.24, 2.45) is 0 Å². The van der Waals surface area contributed by atoms with E-state index in [4.69, 9.17) is 17.3 Å². The fourth-order valence-corrected chi connectivity index (χ4v) is 3.12. The van der Waals surface area contributed by atoms with E-state index in [1.807, 2.05) is 0 Å². The average Bonchev–Trinajstić information content (AvgIpc) is 2.38. The van der Waals surface area contributed by atoms with E-state index >= 15 is 0 Å². The highest BCUT2D eigenvalue weighted by atomic mass is 79.9. The fraction of sp³-hybridized carbons (Fsp3) is 0.0769. The lowest BCUT2D eigenvalue weighted by molar-refractivity contribution is 0.562. The number of halogens is 4. The Morgan fingerprint density at radius 3 is 2.68 bits per heavy atom. The zero-order chi connectivity index (χ0) is 14.0. The maximum Gasteiger partial charge on any atom is 0.144 e. The summed E-state index contributed by atoms with van der Waals surface area (Å²) in [6.07, 6.45) is 0. The molecule has 0 aliphatic rings. The quantitative estimate of drug-likeness (QED) is 0.457. The molecule has 100 valence electrons. The van der Waals surface area contributed by atoms with Crippen molar-refractivity contribution >= 4 is 45.0 Å². The van der Waals surface area contributed by atoms with Crippen molar-refractivity contribution < 1.29 is 8.78 Å². The summed E-state index contributed by atoms with van der Waals surface area (Å²) in [6.45, 7) is 0. The van der Waals surface area contributed by atoms with Gasteiger partial charge >= 0.3 is 0 Å². The lowest BCUT2D eigenvalue weighted by atomic mass is 10.2. The van der Waals surface area contributed by atoms with Crippen molar-refractivity contribution in [2.45, 2.75) is 10.6 Å². The first-order chi connectivity index (χ1) is 8.99. The minimum Gasteiger partial charge on any atom is -0.399 e. The van der Waals surface area contributed by atoms with Gasteiger partial charge in [-0.05, 0) is 46.3 Å². The van der Waals surface area contributed by atoms with E-state index < -0.39 is 11.6 Å². The van der Waals surface area contributed by atoms with Gasteiger partial charge < -0.3 is 5.73 Å². The minimum atomic E-state index is -0.590. The number of anilines is 1. The van der Waals surface area contributed by atoms with E-state index in [-0.39, 0.29) is 15.8 Å². The Balaban J connectivity index is 2.24. The van der Waals surface area contributed by atoms with Crippen LogP contribution in [0.15, 0.2) is 39.7 Å². The van der Waals surface area contributed by atoms with Gasteiger partial charge in [0.15, 0.2) is 0 Å². The van der Waals surface area contributed by atoms with Crippen LogP contribution in [0.1, 0.15) is 5.56 Å². The summed E-state index contributed by atoms with van der Waals surface area (Å²) in [7, 11) is 0.